The minimum absolute atomic E-state index is 0.00497. The molecule has 110 valence electrons. The van der Waals surface area contributed by atoms with Crippen molar-refractivity contribution in [2.45, 2.75) is 37.8 Å². The van der Waals surface area contributed by atoms with Crippen LogP contribution in [0.25, 0.3) is 0 Å². The van der Waals surface area contributed by atoms with E-state index in [0.717, 1.165) is 12.8 Å². The fourth-order valence-corrected chi connectivity index (χ4v) is 3.03. The van der Waals surface area contributed by atoms with E-state index in [1.807, 2.05) is 31.2 Å². The minimum atomic E-state index is -0.194. The first-order valence-electron chi connectivity index (χ1n) is 7.39. The van der Waals surface area contributed by atoms with Gasteiger partial charge in [0.1, 0.15) is 11.6 Å². The molecule has 1 fully saturated rings. The Labute approximate surface area is 124 Å². The average molecular weight is 287 g/mol. The number of halogens is 2. The predicted octanol–water partition coefficient (Wildman–Crippen LogP) is 4.56. The average Bonchev–Trinajstić information content (AvgIpc) is 2.44. The van der Waals surface area contributed by atoms with Crippen LogP contribution >= 0.6 is 0 Å². The molecular formula is C18H19F2N. The van der Waals surface area contributed by atoms with E-state index in [2.05, 4.69) is 5.32 Å². The van der Waals surface area contributed by atoms with Crippen molar-refractivity contribution in [3.05, 3.63) is 71.3 Å². The SMILES string of the molecule is CC(NC1CC(c2ccc(F)cc2)C1)c1ccccc1F. The molecule has 0 aliphatic heterocycles. The third-order valence-electron chi connectivity index (χ3n) is 4.34. The molecule has 21 heavy (non-hydrogen) atoms. The van der Waals surface area contributed by atoms with Crippen molar-refractivity contribution in [2.75, 3.05) is 0 Å². The highest BCUT2D eigenvalue weighted by atomic mass is 19.1. The van der Waals surface area contributed by atoms with Crippen LogP contribution in [0.4, 0.5) is 8.78 Å². The van der Waals surface area contributed by atoms with Gasteiger partial charge in [-0.2, -0.15) is 0 Å². The monoisotopic (exact) mass is 287 g/mol. The summed E-state index contributed by atoms with van der Waals surface area (Å²) in [5, 5.41) is 3.47. The van der Waals surface area contributed by atoms with E-state index >= 15 is 0 Å². The lowest BCUT2D eigenvalue weighted by molar-refractivity contribution is 0.269. The van der Waals surface area contributed by atoms with E-state index in [1.54, 1.807) is 6.07 Å². The van der Waals surface area contributed by atoms with Crippen LogP contribution in [0.2, 0.25) is 0 Å². The molecule has 1 aliphatic rings. The van der Waals surface area contributed by atoms with Gasteiger partial charge in [0.05, 0.1) is 0 Å². The van der Waals surface area contributed by atoms with Crippen LogP contribution in [-0.2, 0) is 0 Å². The normalized spacial score (nSPS) is 22.6. The Morgan fingerprint density at radius 1 is 1.00 bits per heavy atom. The summed E-state index contributed by atoms with van der Waals surface area (Å²) in [6.45, 7) is 1.99. The van der Waals surface area contributed by atoms with Gasteiger partial charge in [-0.1, -0.05) is 30.3 Å². The molecule has 0 aromatic heterocycles. The Bertz CT molecular complexity index is 603. The zero-order chi connectivity index (χ0) is 14.8. The highest BCUT2D eigenvalue weighted by Gasteiger charge is 2.31. The van der Waals surface area contributed by atoms with Gasteiger partial charge in [-0.15, -0.1) is 0 Å². The van der Waals surface area contributed by atoms with Gasteiger partial charge >= 0.3 is 0 Å². The lowest BCUT2D eigenvalue weighted by atomic mass is 9.75. The molecule has 1 aliphatic carbocycles. The summed E-state index contributed by atoms with van der Waals surface area (Å²) >= 11 is 0. The number of nitrogens with one attached hydrogen (secondary N) is 1. The lowest BCUT2D eigenvalue weighted by Gasteiger charge is -2.38. The first-order chi connectivity index (χ1) is 10.1. The molecule has 2 aromatic carbocycles. The van der Waals surface area contributed by atoms with Gasteiger partial charge in [0.2, 0.25) is 0 Å². The predicted molar refractivity (Wildman–Crippen MR) is 80.1 cm³/mol. The molecular weight excluding hydrogens is 268 g/mol. The lowest BCUT2D eigenvalue weighted by Crippen LogP contribution is -2.41. The molecule has 1 unspecified atom stereocenters. The van der Waals surface area contributed by atoms with E-state index in [4.69, 9.17) is 0 Å². The summed E-state index contributed by atoms with van der Waals surface area (Å²) < 4.78 is 26.6. The molecule has 0 radical (unpaired) electrons. The fourth-order valence-electron chi connectivity index (χ4n) is 3.03. The second kappa shape index (κ2) is 5.94. The zero-order valence-corrected chi connectivity index (χ0v) is 12.0. The van der Waals surface area contributed by atoms with Gasteiger partial charge in [-0.05, 0) is 49.4 Å². The molecule has 1 nitrogen and oxygen atoms in total. The third kappa shape index (κ3) is 3.13. The fraction of sp³-hybridized carbons (Fsp3) is 0.333. The molecule has 3 rings (SSSR count). The maximum absolute atomic E-state index is 13.7. The van der Waals surface area contributed by atoms with Crippen LogP contribution in [0.5, 0.6) is 0 Å². The Balaban J connectivity index is 1.55. The van der Waals surface area contributed by atoms with Gasteiger partial charge in [0.25, 0.3) is 0 Å². The largest absolute Gasteiger partial charge is 0.307 e. The summed E-state index contributed by atoms with van der Waals surface area (Å²) in [7, 11) is 0. The molecule has 0 saturated heterocycles. The summed E-state index contributed by atoms with van der Waals surface area (Å²) in [5.41, 5.74) is 1.90. The molecule has 0 spiro atoms. The Kier molecular flexibility index (Phi) is 4.02. The molecule has 2 aromatic rings. The van der Waals surface area contributed by atoms with Crippen molar-refractivity contribution in [1.29, 1.82) is 0 Å². The number of hydrogen-bond donors (Lipinski definition) is 1. The van der Waals surface area contributed by atoms with Crippen molar-refractivity contribution < 1.29 is 8.78 Å². The molecule has 0 amide bonds. The molecule has 0 bridgehead atoms. The van der Waals surface area contributed by atoms with Gasteiger partial charge in [-0.3, -0.25) is 0 Å². The van der Waals surface area contributed by atoms with Crippen molar-refractivity contribution in [1.82, 2.24) is 5.32 Å². The van der Waals surface area contributed by atoms with Crippen molar-refractivity contribution in [3.8, 4) is 0 Å². The standard InChI is InChI=1S/C18H19F2N/c1-12(17-4-2-3-5-18(17)20)21-16-10-14(11-16)13-6-8-15(19)9-7-13/h2-9,12,14,16,21H,10-11H2,1H3. The Morgan fingerprint density at radius 3 is 2.33 bits per heavy atom. The van der Waals surface area contributed by atoms with E-state index in [-0.39, 0.29) is 17.7 Å². The highest BCUT2D eigenvalue weighted by molar-refractivity contribution is 5.25. The van der Waals surface area contributed by atoms with Gasteiger partial charge < -0.3 is 5.32 Å². The van der Waals surface area contributed by atoms with Crippen molar-refractivity contribution in [3.63, 3.8) is 0 Å². The number of rotatable bonds is 4. The zero-order valence-electron chi connectivity index (χ0n) is 12.0. The molecule has 3 heteroatoms. The van der Waals surface area contributed by atoms with E-state index in [9.17, 15) is 8.78 Å². The summed E-state index contributed by atoms with van der Waals surface area (Å²) in [6.07, 6.45) is 2.04. The van der Waals surface area contributed by atoms with E-state index in [1.165, 1.54) is 23.8 Å². The number of benzene rings is 2. The van der Waals surface area contributed by atoms with Crippen LogP contribution in [0.1, 0.15) is 42.9 Å². The van der Waals surface area contributed by atoms with Gasteiger partial charge in [-0.25, -0.2) is 8.78 Å². The Hall–Kier alpha value is -1.74. The maximum atomic E-state index is 13.7. The molecule has 1 saturated carbocycles. The second-order valence-electron chi connectivity index (χ2n) is 5.83. The summed E-state index contributed by atoms with van der Waals surface area (Å²) in [4.78, 5) is 0. The quantitative estimate of drug-likeness (QED) is 0.869. The van der Waals surface area contributed by atoms with Crippen LogP contribution in [-0.4, -0.2) is 6.04 Å². The maximum Gasteiger partial charge on any atom is 0.127 e. The Morgan fingerprint density at radius 2 is 1.67 bits per heavy atom. The first kappa shape index (κ1) is 14.2. The van der Waals surface area contributed by atoms with Crippen LogP contribution < -0.4 is 5.32 Å². The summed E-state index contributed by atoms with van der Waals surface area (Å²) in [5.74, 6) is 0.128. The van der Waals surface area contributed by atoms with Gasteiger partial charge in [0, 0.05) is 17.6 Å². The van der Waals surface area contributed by atoms with Crippen LogP contribution in [0, 0.1) is 11.6 Å². The molecule has 1 atom stereocenters. The topological polar surface area (TPSA) is 12.0 Å². The van der Waals surface area contributed by atoms with Crippen LogP contribution in [0.3, 0.4) is 0 Å². The minimum Gasteiger partial charge on any atom is -0.307 e. The van der Waals surface area contributed by atoms with Crippen LogP contribution in [0.15, 0.2) is 48.5 Å². The smallest absolute Gasteiger partial charge is 0.127 e. The summed E-state index contributed by atoms with van der Waals surface area (Å²) in [6, 6.07) is 14.0. The van der Waals surface area contributed by atoms with Crippen molar-refractivity contribution in [2.24, 2.45) is 0 Å². The van der Waals surface area contributed by atoms with Crippen molar-refractivity contribution >= 4 is 0 Å². The van der Waals surface area contributed by atoms with E-state index in [0.29, 0.717) is 17.5 Å². The highest BCUT2D eigenvalue weighted by Crippen LogP contribution is 2.38. The molecule has 0 heterocycles. The molecule has 1 N–H and O–H groups in total. The number of hydrogen-bond acceptors (Lipinski definition) is 1. The van der Waals surface area contributed by atoms with E-state index < -0.39 is 0 Å². The van der Waals surface area contributed by atoms with Gasteiger partial charge in [0.15, 0.2) is 0 Å². The first-order valence-corrected chi connectivity index (χ1v) is 7.39. The third-order valence-corrected chi connectivity index (χ3v) is 4.34. The second-order valence-corrected chi connectivity index (χ2v) is 5.83.